The van der Waals surface area contributed by atoms with Gasteiger partial charge in [-0.2, -0.15) is 5.10 Å². The van der Waals surface area contributed by atoms with Crippen LogP contribution in [0.25, 0.3) is 11.8 Å². The highest BCUT2D eigenvalue weighted by molar-refractivity contribution is 5.92. The van der Waals surface area contributed by atoms with Gasteiger partial charge in [-0.3, -0.25) is 4.79 Å². The molecule has 1 aliphatic rings. The van der Waals surface area contributed by atoms with Crippen LogP contribution in [0, 0.1) is 0 Å². The molecule has 136 valence electrons. The molecule has 1 aliphatic heterocycles. The summed E-state index contributed by atoms with van der Waals surface area (Å²) in [5.74, 6) is -0.0142. The van der Waals surface area contributed by atoms with Gasteiger partial charge in [0, 0.05) is 24.4 Å². The number of amides is 1. The first-order valence-corrected chi connectivity index (χ1v) is 9.03. The molecule has 0 aliphatic carbocycles. The van der Waals surface area contributed by atoms with E-state index in [1.165, 1.54) is 0 Å². The quantitative estimate of drug-likeness (QED) is 0.670. The third kappa shape index (κ3) is 3.99. The van der Waals surface area contributed by atoms with E-state index in [9.17, 15) is 4.79 Å². The molecule has 5 nitrogen and oxygen atoms in total. The molecule has 1 amide bonds. The van der Waals surface area contributed by atoms with E-state index < -0.39 is 0 Å². The molecule has 2 aromatic carbocycles. The fraction of sp³-hybridized carbons (Fsp3) is 0.182. The molecule has 0 spiro atoms. The molecule has 0 N–H and O–H groups in total. The van der Waals surface area contributed by atoms with Crippen molar-refractivity contribution in [3.05, 3.63) is 90.3 Å². The number of ether oxygens (including phenoxy) is 1. The molecule has 5 heteroatoms. The molecule has 0 bridgehead atoms. The molecule has 0 unspecified atom stereocenters. The van der Waals surface area contributed by atoms with Crippen LogP contribution >= 0.6 is 0 Å². The van der Waals surface area contributed by atoms with Gasteiger partial charge in [0.2, 0.25) is 5.91 Å². The molecule has 27 heavy (non-hydrogen) atoms. The SMILES string of the molecule is O=C(/C=C\c1cnn(-c2ccccc2)c1)N1CCOC[C@@H]1c1ccccc1. The lowest BCUT2D eigenvalue weighted by Crippen LogP contribution is -2.42. The van der Waals surface area contributed by atoms with Crippen LogP contribution in [-0.2, 0) is 9.53 Å². The topological polar surface area (TPSA) is 47.4 Å². The average Bonchev–Trinajstić information content (AvgIpc) is 3.22. The summed E-state index contributed by atoms with van der Waals surface area (Å²) in [6.45, 7) is 1.68. The van der Waals surface area contributed by atoms with E-state index >= 15 is 0 Å². The second-order valence-corrected chi connectivity index (χ2v) is 6.42. The third-order valence-corrected chi connectivity index (χ3v) is 4.64. The van der Waals surface area contributed by atoms with E-state index in [-0.39, 0.29) is 11.9 Å². The van der Waals surface area contributed by atoms with E-state index in [2.05, 4.69) is 5.10 Å². The summed E-state index contributed by atoms with van der Waals surface area (Å²) in [6.07, 6.45) is 7.10. The first-order valence-electron chi connectivity index (χ1n) is 9.03. The Hall–Kier alpha value is -3.18. The summed E-state index contributed by atoms with van der Waals surface area (Å²) in [5.41, 5.74) is 2.97. The first kappa shape index (κ1) is 17.2. The average molecular weight is 359 g/mol. The molecule has 0 saturated carbocycles. The van der Waals surface area contributed by atoms with Crippen molar-refractivity contribution in [2.45, 2.75) is 6.04 Å². The maximum atomic E-state index is 12.8. The number of hydrogen-bond acceptors (Lipinski definition) is 3. The summed E-state index contributed by atoms with van der Waals surface area (Å²) < 4.78 is 7.40. The normalized spacial score (nSPS) is 17.3. The Morgan fingerprint density at radius 3 is 2.59 bits per heavy atom. The van der Waals surface area contributed by atoms with Gasteiger partial charge in [-0.1, -0.05) is 48.5 Å². The first-order chi connectivity index (χ1) is 13.3. The van der Waals surface area contributed by atoms with Crippen molar-refractivity contribution in [1.29, 1.82) is 0 Å². The zero-order chi connectivity index (χ0) is 18.5. The van der Waals surface area contributed by atoms with E-state index in [0.717, 1.165) is 16.8 Å². The number of aromatic nitrogens is 2. The number of benzene rings is 2. The maximum Gasteiger partial charge on any atom is 0.247 e. The molecular formula is C22H21N3O2. The molecule has 4 rings (SSSR count). The summed E-state index contributed by atoms with van der Waals surface area (Å²) in [5, 5.41) is 4.36. The van der Waals surface area contributed by atoms with Gasteiger partial charge >= 0.3 is 0 Å². The van der Waals surface area contributed by atoms with Gasteiger partial charge in [-0.15, -0.1) is 0 Å². The predicted octanol–water partition coefficient (Wildman–Crippen LogP) is 3.49. The number of hydrogen-bond donors (Lipinski definition) is 0. The fourth-order valence-electron chi connectivity index (χ4n) is 3.23. The van der Waals surface area contributed by atoms with Crippen molar-refractivity contribution >= 4 is 12.0 Å². The summed E-state index contributed by atoms with van der Waals surface area (Å²) in [6, 6.07) is 19.9. The highest BCUT2D eigenvalue weighted by atomic mass is 16.5. The summed E-state index contributed by atoms with van der Waals surface area (Å²) in [4.78, 5) is 14.7. The van der Waals surface area contributed by atoms with Crippen LogP contribution in [0.5, 0.6) is 0 Å². The Balaban J connectivity index is 1.48. The third-order valence-electron chi connectivity index (χ3n) is 4.64. The van der Waals surface area contributed by atoms with Crippen LogP contribution in [0.2, 0.25) is 0 Å². The molecule has 0 radical (unpaired) electrons. The van der Waals surface area contributed by atoms with Gasteiger partial charge in [-0.25, -0.2) is 4.68 Å². The second-order valence-electron chi connectivity index (χ2n) is 6.42. The van der Waals surface area contributed by atoms with Crippen LogP contribution < -0.4 is 0 Å². The van der Waals surface area contributed by atoms with Crippen LogP contribution in [-0.4, -0.2) is 40.3 Å². The molecular weight excluding hydrogens is 338 g/mol. The van der Waals surface area contributed by atoms with Crippen LogP contribution in [0.3, 0.4) is 0 Å². The molecule has 1 saturated heterocycles. The van der Waals surface area contributed by atoms with E-state index in [1.54, 1.807) is 17.0 Å². The van der Waals surface area contributed by atoms with Crippen molar-refractivity contribution < 1.29 is 9.53 Å². The number of carbonyl (C=O) groups excluding carboxylic acids is 1. The molecule has 2 heterocycles. The monoisotopic (exact) mass is 359 g/mol. The fourth-order valence-corrected chi connectivity index (χ4v) is 3.23. The minimum absolute atomic E-state index is 0.0142. The van der Waals surface area contributed by atoms with Crippen LogP contribution in [0.4, 0.5) is 0 Å². The van der Waals surface area contributed by atoms with Crippen molar-refractivity contribution in [2.75, 3.05) is 19.8 Å². The Morgan fingerprint density at radius 1 is 1.07 bits per heavy atom. The molecule has 1 fully saturated rings. The van der Waals surface area contributed by atoms with E-state index in [4.69, 9.17) is 4.74 Å². The number of para-hydroxylation sites is 1. The number of rotatable bonds is 4. The largest absolute Gasteiger partial charge is 0.377 e. The smallest absolute Gasteiger partial charge is 0.247 e. The lowest BCUT2D eigenvalue weighted by molar-refractivity contribution is -0.134. The molecule has 3 aromatic rings. The van der Waals surface area contributed by atoms with Crippen molar-refractivity contribution in [2.24, 2.45) is 0 Å². The Bertz CT molecular complexity index is 919. The van der Waals surface area contributed by atoms with Gasteiger partial charge in [-0.05, 0) is 23.8 Å². The van der Waals surface area contributed by atoms with Gasteiger partial charge in [0.05, 0.1) is 31.1 Å². The molecule has 1 atom stereocenters. The maximum absolute atomic E-state index is 12.8. The summed E-state index contributed by atoms with van der Waals surface area (Å²) >= 11 is 0. The molecule has 1 aromatic heterocycles. The zero-order valence-corrected chi connectivity index (χ0v) is 14.9. The Morgan fingerprint density at radius 2 is 1.81 bits per heavy atom. The minimum Gasteiger partial charge on any atom is -0.377 e. The van der Waals surface area contributed by atoms with E-state index in [0.29, 0.717) is 19.8 Å². The highest BCUT2D eigenvalue weighted by Crippen LogP contribution is 2.24. The number of carbonyl (C=O) groups is 1. The van der Waals surface area contributed by atoms with E-state index in [1.807, 2.05) is 77.8 Å². The van der Waals surface area contributed by atoms with Crippen molar-refractivity contribution in [3.63, 3.8) is 0 Å². The number of morpholine rings is 1. The van der Waals surface area contributed by atoms with Gasteiger partial charge < -0.3 is 9.64 Å². The zero-order valence-electron chi connectivity index (χ0n) is 14.9. The van der Waals surface area contributed by atoms with Gasteiger partial charge in [0.15, 0.2) is 0 Å². The second kappa shape index (κ2) is 8.01. The summed E-state index contributed by atoms with van der Waals surface area (Å²) in [7, 11) is 0. The Labute approximate surface area is 158 Å². The van der Waals surface area contributed by atoms with Crippen LogP contribution in [0.1, 0.15) is 17.2 Å². The minimum atomic E-state index is -0.0517. The highest BCUT2D eigenvalue weighted by Gasteiger charge is 2.27. The van der Waals surface area contributed by atoms with Crippen LogP contribution in [0.15, 0.2) is 79.1 Å². The van der Waals surface area contributed by atoms with Gasteiger partial charge in [0.1, 0.15) is 0 Å². The lowest BCUT2D eigenvalue weighted by Gasteiger charge is -2.35. The Kier molecular flexibility index (Phi) is 5.12. The van der Waals surface area contributed by atoms with Crippen molar-refractivity contribution in [1.82, 2.24) is 14.7 Å². The van der Waals surface area contributed by atoms with Crippen molar-refractivity contribution in [3.8, 4) is 5.69 Å². The predicted molar refractivity (Wildman–Crippen MR) is 104 cm³/mol. The standard InChI is InChI=1S/C22H21N3O2/c26-22(24-13-14-27-17-21(24)19-7-3-1-4-8-19)12-11-18-15-23-25(16-18)20-9-5-2-6-10-20/h1-12,15-16,21H,13-14,17H2/b12-11-/t21-/m1/s1. The van der Waals surface area contributed by atoms with Gasteiger partial charge in [0.25, 0.3) is 0 Å². The lowest BCUT2D eigenvalue weighted by atomic mass is 10.0. The number of nitrogens with zero attached hydrogens (tertiary/aromatic N) is 3.